The highest BCUT2D eigenvalue weighted by Crippen LogP contribution is 2.30. The number of nitrogens with one attached hydrogen (secondary N) is 2. The molecule has 138 valence electrons. The maximum Gasteiger partial charge on any atom is 0.220 e. The molecule has 1 amide bonds. The number of carbonyl (C=O) groups excluding carboxylic acids is 1. The van der Waals surface area contributed by atoms with Gasteiger partial charge in [-0.3, -0.25) is 4.79 Å². The van der Waals surface area contributed by atoms with Crippen molar-refractivity contribution in [3.8, 4) is 0 Å². The highest BCUT2D eigenvalue weighted by Gasteiger charge is 2.19. The standard InChI is InChI=1S/C20H25ClN4O/c1-4-5-18(23-19(26)9-7-15-11-22-12-25(15)3)20-13(2)16-10-14(21)6-8-17(16)24-20/h6,8,10-12,18,24H,4-5,7,9H2,1-3H3,(H,23,26). The lowest BCUT2D eigenvalue weighted by Crippen LogP contribution is -2.29. The summed E-state index contributed by atoms with van der Waals surface area (Å²) in [4.78, 5) is 20.1. The molecule has 26 heavy (non-hydrogen) atoms. The lowest BCUT2D eigenvalue weighted by molar-refractivity contribution is -0.121. The van der Waals surface area contributed by atoms with Crippen LogP contribution in [-0.2, 0) is 18.3 Å². The van der Waals surface area contributed by atoms with Gasteiger partial charge in [0.05, 0.1) is 12.4 Å². The summed E-state index contributed by atoms with van der Waals surface area (Å²) in [5.41, 5.74) is 4.32. The molecular formula is C20H25ClN4O. The van der Waals surface area contributed by atoms with Crippen LogP contribution in [0.3, 0.4) is 0 Å². The summed E-state index contributed by atoms with van der Waals surface area (Å²) >= 11 is 6.14. The summed E-state index contributed by atoms with van der Waals surface area (Å²) in [6.45, 7) is 4.21. The fourth-order valence-corrected chi connectivity index (χ4v) is 3.55. The topological polar surface area (TPSA) is 62.7 Å². The summed E-state index contributed by atoms with van der Waals surface area (Å²) in [7, 11) is 1.94. The first-order chi connectivity index (χ1) is 12.5. The van der Waals surface area contributed by atoms with Crippen LogP contribution in [-0.4, -0.2) is 20.4 Å². The smallest absolute Gasteiger partial charge is 0.220 e. The first-order valence-electron chi connectivity index (χ1n) is 9.02. The quantitative estimate of drug-likeness (QED) is 0.643. The number of nitrogens with zero attached hydrogens (tertiary/aromatic N) is 2. The average Bonchev–Trinajstić information content (AvgIpc) is 3.16. The molecule has 1 atom stereocenters. The van der Waals surface area contributed by atoms with Crippen molar-refractivity contribution in [3.05, 3.63) is 52.7 Å². The Bertz CT molecular complexity index is 912. The number of rotatable bonds is 7. The molecule has 6 heteroatoms. The highest BCUT2D eigenvalue weighted by atomic mass is 35.5. The second-order valence-electron chi connectivity index (χ2n) is 6.76. The van der Waals surface area contributed by atoms with Gasteiger partial charge in [-0.1, -0.05) is 24.9 Å². The lowest BCUT2D eigenvalue weighted by Gasteiger charge is -2.18. The van der Waals surface area contributed by atoms with Crippen LogP contribution >= 0.6 is 11.6 Å². The molecule has 1 unspecified atom stereocenters. The van der Waals surface area contributed by atoms with Gasteiger partial charge in [-0.25, -0.2) is 4.98 Å². The van der Waals surface area contributed by atoms with Gasteiger partial charge in [0, 0.05) is 47.0 Å². The number of carbonyl (C=O) groups is 1. The first-order valence-corrected chi connectivity index (χ1v) is 9.39. The van der Waals surface area contributed by atoms with Crippen molar-refractivity contribution in [2.75, 3.05) is 0 Å². The minimum atomic E-state index is -0.0230. The third kappa shape index (κ3) is 3.93. The SMILES string of the molecule is CCCC(NC(=O)CCc1cncn1C)c1[nH]c2ccc(Cl)cc2c1C. The Morgan fingerprint density at radius 3 is 2.92 bits per heavy atom. The van der Waals surface area contributed by atoms with Gasteiger partial charge >= 0.3 is 0 Å². The van der Waals surface area contributed by atoms with Crippen molar-refractivity contribution >= 4 is 28.4 Å². The number of aromatic nitrogens is 3. The van der Waals surface area contributed by atoms with E-state index in [-0.39, 0.29) is 11.9 Å². The maximum atomic E-state index is 12.5. The third-order valence-corrected chi connectivity index (χ3v) is 5.08. The molecule has 2 heterocycles. The van der Waals surface area contributed by atoms with Crippen molar-refractivity contribution in [3.63, 3.8) is 0 Å². The van der Waals surface area contributed by atoms with Crippen LogP contribution in [0.2, 0.25) is 5.02 Å². The van der Waals surface area contributed by atoms with Gasteiger partial charge in [0.15, 0.2) is 0 Å². The van der Waals surface area contributed by atoms with Gasteiger partial charge in [-0.15, -0.1) is 0 Å². The molecule has 3 rings (SSSR count). The minimum absolute atomic E-state index is 0.0230. The molecule has 0 aliphatic rings. The van der Waals surface area contributed by atoms with Crippen molar-refractivity contribution in [2.45, 2.75) is 45.6 Å². The van der Waals surface area contributed by atoms with Crippen LogP contribution in [0, 0.1) is 6.92 Å². The van der Waals surface area contributed by atoms with Crippen molar-refractivity contribution < 1.29 is 4.79 Å². The van der Waals surface area contributed by atoms with E-state index in [1.54, 1.807) is 6.33 Å². The summed E-state index contributed by atoms with van der Waals surface area (Å²) in [6, 6.07) is 5.82. The van der Waals surface area contributed by atoms with E-state index in [2.05, 4.69) is 29.1 Å². The van der Waals surface area contributed by atoms with Crippen LogP contribution < -0.4 is 5.32 Å². The summed E-state index contributed by atoms with van der Waals surface area (Å²) < 4.78 is 1.95. The molecule has 0 saturated carbocycles. The molecule has 0 bridgehead atoms. The largest absolute Gasteiger partial charge is 0.356 e. The molecule has 2 N–H and O–H groups in total. The predicted molar refractivity (Wildman–Crippen MR) is 105 cm³/mol. The first kappa shape index (κ1) is 18.5. The van der Waals surface area contributed by atoms with E-state index < -0.39 is 0 Å². The minimum Gasteiger partial charge on any atom is -0.356 e. The average molecular weight is 373 g/mol. The van der Waals surface area contributed by atoms with Crippen LogP contribution in [0.15, 0.2) is 30.7 Å². The Hall–Kier alpha value is -2.27. The Morgan fingerprint density at radius 2 is 2.23 bits per heavy atom. The number of hydrogen-bond acceptors (Lipinski definition) is 2. The van der Waals surface area contributed by atoms with E-state index in [0.29, 0.717) is 12.8 Å². The predicted octanol–water partition coefficient (Wildman–Crippen LogP) is 4.45. The Balaban J connectivity index is 1.75. The molecule has 3 aromatic rings. The van der Waals surface area contributed by atoms with Crippen molar-refractivity contribution in [2.24, 2.45) is 7.05 Å². The van der Waals surface area contributed by atoms with Gasteiger partial charge in [0.25, 0.3) is 0 Å². The third-order valence-electron chi connectivity index (χ3n) is 4.84. The van der Waals surface area contributed by atoms with Gasteiger partial charge in [0.2, 0.25) is 5.91 Å². The number of fused-ring (bicyclic) bond motifs is 1. The molecule has 0 fully saturated rings. The Kier molecular flexibility index (Phi) is 5.67. The Morgan fingerprint density at radius 1 is 1.42 bits per heavy atom. The molecule has 0 spiro atoms. The van der Waals surface area contributed by atoms with Gasteiger partial charge in [-0.2, -0.15) is 0 Å². The Labute approximate surface area is 158 Å². The number of halogens is 1. The second kappa shape index (κ2) is 7.96. The van der Waals surface area contributed by atoms with Gasteiger partial charge < -0.3 is 14.9 Å². The number of hydrogen-bond donors (Lipinski definition) is 2. The van der Waals surface area contributed by atoms with Crippen molar-refractivity contribution in [1.82, 2.24) is 19.9 Å². The normalized spacial score (nSPS) is 12.5. The van der Waals surface area contributed by atoms with Crippen LogP contribution in [0.1, 0.15) is 49.2 Å². The van der Waals surface area contributed by atoms with E-state index in [9.17, 15) is 4.79 Å². The van der Waals surface area contributed by atoms with Gasteiger partial charge in [0.1, 0.15) is 0 Å². The molecular weight excluding hydrogens is 348 g/mol. The number of aryl methyl sites for hydroxylation is 3. The number of benzene rings is 1. The van der Waals surface area contributed by atoms with Crippen molar-refractivity contribution in [1.29, 1.82) is 0 Å². The molecule has 0 saturated heterocycles. The van der Waals surface area contributed by atoms with E-state index in [1.165, 1.54) is 0 Å². The molecule has 1 aromatic carbocycles. The van der Waals surface area contributed by atoms with E-state index in [0.717, 1.165) is 45.7 Å². The zero-order chi connectivity index (χ0) is 18.7. The molecule has 0 aliphatic carbocycles. The molecule has 0 radical (unpaired) electrons. The summed E-state index contributed by atoms with van der Waals surface area (Å²) in [5, 5.41) is 5.03. The van der Waals surface area contributed by atoms with E-state index in [4.69, 9.17) is 11.6 Å². The lowest BCUT2D eigenvalue weighted by atomic mass is 10.0. The number of H-pyrrole nitrogens is 1. The van der Waals surface area contributed by atoms with E-state index >= 15 is 0 Å². The number of aromatic amines is 1. The number of imidazole rings is 1. The zero-order valence-corrected chi connectivity index (χ0v) is 16.2. The fraction of sp³-hybridized carbons (Fsp3) is 0.400. The highest BCUT2D eigenvalue weighted by molar-refractivity contribution is 6.31. The summed E-state index contributed by atoms with van der Waals surface area (Å²) in [5.74, 6) is 0.0562. The summed E-state index contributed by atoms with van der Waals surface area (Å²) in [6.07, 6.45) is 6.57. The molecule has 5 nitrogen and oxygen atoms in total. The van der Waals surface area contributed by atoms with Crippen LogP contribution in [0.5, 0.6) is 0 Å². The van der Waals surface area contributed by atoms with Crippen LogP contribution in [0.25, 0.3) is 10.9 Å². The van der Waals surface area contributed by atoms with Crippen LogP contribution in [0.4, 0.5) is 0 Å². The van der Waals surface area contributed by atoms with Gasteiger partial charge in [-0.05, 0) is 43.5 Å². The van der Waals surface area contributed by atoms with E-state index in [1.807, 2.05) is 36.0 Å². The monoisotopic (exact) mass is 372 g/mol. The molecule has 2 aromatic heterocycles. The second-order valence-corrected chi connectivity index (χ2v) is 7.19. The maximum absolute atomic E-state index is 12.5. The molecule has 0 aliphatic heterocycles. The number of amides is 1. The zero-order valence-electron chi connectivity index (χ0n) is 15.5. The fourth-order valence-electron chi connectivity index (χ4n) is 3.38.